The van der Waals surface area contributed by atoms with Gasteiger partial charge in [-0.05, 0) is 12.1 Å². The number of para-hydroxylation sites is 1. The second-order valence-corrected chi connectivity index (χ2v) is 6.62. The molecule has 2 heterocycles. The van der Waals surface area contributed by atoms with Gasteiger partial charge in [0.1, 0.15) is 17.9 Å². The van der Waals surface area contributed by atoms with E-state index in [1.54, 1.807) is 27.7 Å². The first-order valence-electron chi connectivity index (χ1n) is 9.23. The molecule has 1 atom stereocenters. The van der Waals surface area contributed by atoms with E-state index in [1.165, 1.54) is 0 Å². The number of piperazine rings is 1. The van der Waals surface area contributed by atoms with Gasteiger partial charge in [-0.2, -0.15) is 0 Å². The van der Waals surface area contributed by atoms with E-state index in [2.05, 4.69) is 26.3 Å². The Balaban J connectivity index is 1.71. The minimum atomic E-state index is 0.148. The van der Waals surface area contributed by atoms with Crippen molar-refractivity contribution in [1.82, 2.24) is 15.3 Å². The topological polar surface area (TPSA) is 68.7 Å². The Morgan fingerprint density at radius 1 is 0.964 bits per heavy atom. The van der Waals surface area contributed by atoms with Crippen LogP contribution in [0.2, 0.25) is 0 Å². The van der Waals surface area contributed by atoms with Gasteiger partial charge in [-0.1, -0.05) is 18.2 Å². The van der Waals surface area contributed by atoms with Crippen LogP contribution in [0.25, 0.3) is 10.9 Å². The molecule has 3 aromatic rings. The minimum Gasteiger partial charge on any atom is -0.496 e. The predicted molar refractivity (Wildman–Crippen MR) is 109 cm³/mol. The zero-order valence-corrected chi connectivity index (χ0v) is 16.3. The van der Waals surface area contributed by atoms with Crippen LogP contribution in [-0.4, -0.2) is 50.9 Å². The fraction of sp³-hybridized carbons (Fsp3) is 0.333. The average Bonchev–Trinajstić information content (AvgIpc) is 2.77. The molecule has 1 aromatic heterocycles. The Labute approximate surface area is 164 Å². The number of anilines is 1. The molecule has 1 aliphatic rings. The van der Waals surface area contributed by atoms with E-state index < -0.39 is 0 Å². The van der Waals surface area contributed by atoms with E-state index in [0.717, 1.165) is 47.7 Å². The van der Waals surface area contributed by atoms with Gasteiger partial charge in [-0.25, -0.2) is 9.97 Å². The monoisotopic (exact) mass is 380 g/mol. The lowest BCUT2D eigenvalue weighted by Crippen LogP contribution is -2.46. The molecule has 7 nitrogen and oxygen atoms in total. The SMILES string of the molecule is COc1cc2ncnc(N3CCNC(c4ccccc4OC)C3)c2cc1OC. The molecule has 1 aliphatic heterocycles. The summed E-state index contributed by atoms with van der Waals surface area (Å²) in [7, 11) is 4.96. The van der Waals surface area contributed by atoms with Crippen LogP contribution < -0.4 is 24.4 Å². The highest BCUT2D eigenvalue weighted by atomic mass is 16.5. The predicted octanol–water partition coefficient (Wildman–Crippen LogP) is 2.81. The lowest BCUT2D eigenvalue weighted by atomic mass is 10.0. The molecule has 1 N–H and O–H groups in total. The highest BCUT2D eigenvalue weighted by Gasteiger charge is 2.25. The quantitative estimate of drug-likeness (QED) is 0.730. The average molecular weight is 380 g/mol. The summed E-state index contributed by atoms with van der Waals surface area (Å²) in [6.45, 7) is 2.48. The Kier molecular flexibility index (Phi) is 5.16. The van der Waals surface area contributed by atoms with Gasteiger partial charge in [-0.15, -0.1) is 0 Å². The Morgan fingerprint density at radius 2 is 1.71 bits per heavy atom. The molecule has 0 radical (unpaired) electrons. The van der Waals surface area contributed by atoms with Crippen molar-refractivity contribution in [2.75, 3.05) is 45.9 Å². The second kappa shape index (κ2) is 7.90. The summed E-state index contributed by atoms with van der Waals surface area (Å²) in [5.41, 5.74) is 1.97. The van der Waals surface area contributed by atoms with Crippen molar-refractivity contribution < 1.29 is 14.2 Å². The zero-order chi connectivity index (χ0) is 19.5. The summed E-state index contributed by atoms with van der Waals surface area (Å²) in [6, 6.07) is 12.1. The van der Waals surface area contributed by atoms with Crippen molar-refractivity contribution >= 4 is 16.7 Å². The van der Waals surface area contributed by atoms with E-state index in [-0.39, 0.29) is 6.04 Å². The molecule has 1 fully saturated rings. The number of benzene rings is 2. The first-order chi connectivity index (χ1) is 13.7. The molecule has 0 bridgehead atoms. The molecule has 146 valence electrons. The maximum absolute atomic E-state index is 5.55. The number of methoxy groups -OCH3 is 3. The number of hydrogen-bond donors (Lipinski definition) is 1. The lowest BCUT2D eigenvalue weighted by Gasteiger charge is -2.35. The summed E-state index contributed by atoms with van der Waals surface area (Å²) in [6.07, 6.45) is 1.60. The largest absolute Gasteiger partial charge is 0.496 e. The number of fused-ring (bicyclic) bond motifs is 1. The fourth-order valence-electron chi connectivity index (χ4n) is 3.73. The van der Waals surface area contributed by atoms with Gasteiger partial charge in [0.05, 0.1) is 32.9 Å². The molecule has 0 saturated carbocycles. The molecule has 4 rings (SSSR count). The van der Waals surface area contributed by atoms with Crippen LogP contribution in [-0.2, 0) is 0 Å². The van der Waals surface area contributed by atoms with E-state index >= 15 is 0 Å². The van der Waals surface area contributed by atoms with Crippen LogP contribution in [0.15, 0.2) is 42.7 Å². The van der Waals surface area contributed by atoms with Gasteiger partial charge in [0.25, 0.3) is 0 Å². The molecule has 0 amide bonds. The maximum Gasteiger partial charge on any atom is 0.162 e. The third kappa shape index (κ3) is 3.29. The number of ether oxygens (including phenoxy) is 3. The first kappa shape index (κ1) is 18.3. The summed E-state index contributed by atoms with van der Waals surface area (Å²) >= 11 is 0. The molecule has 1 saturated heterocycles. The summed E-state index contributed by atoms with van der Waals surface area (Å²) in [4.78, 5) is 11.3. The molecule has 0 spiro atoms. The van der Waals surface area contributed by atoms with Crippen molar-refractivity contribution in [3.05, 3.63) is 48.3 Å². The van der Waals surface area contributed by atoms with Crippen molar-refractivity contribution in [2.24, 2.45) is 0 Å². The standard InChI is InChI=1S/C21H24N4O3/c1-26-18-7-5-4-6-14(18)17-12-25(9-8-22-17)21-15-10-19(27-2)20(28-3)11-16(15)23-13-24-21/h4-7,10-11,13,17,22H,8-9,12H2,1-3H3. The van der Waals surface area contributed by atoms with Crippen molar-refractivity contribution in [2.45, 2.75) is 6.04 Å². The molecule has 1 unspecified atom stereocenters. The van der Waals surface area contributed by atoms with Crippen molar-refractivity contribution in [3.63, 3.8) is 0 Å². The van der Waals surface area contributed by atoms with Gasteiger partial charge >= 0.3 is 0 Å². The molecule has 2 aromatic carbocycles. The number of hydrogen-bond acceptors (Lipinski definition) is 7. The summed E-state index contributed by atoms with van der Waals surface area (Å²) in [5.74, 6) is 3.11. The molecular formula is C21H24N4O3. The third-order valence-electron chi connectivity index (χ3n) is 5.11. The Bertz CT molecular complexity index is 979. The van der Waals surface area contributed by atoms with Crippen LogP contribution in [0.1, 0.15) is 11.6 Å². The highest BCUT2D eigenvalue weighted by Crippen LogP contribution is 2.36. The number of rotatable bonds is 5. The van der Waals surface area contributed by atoms with Gasteiger partial charge in [0.15, 0.2) is 11.5 Å². The molecule has 0 aliphatic carbocycles. The highest BCUT2D eigenvalue weighted by molar-refractivity contribution is 5.92. The van der Waals surface area contributed by atoms with Crippen LogP contribution in [0, 0.1) is 0 Å². The number of nitrogens with zero attached hydrogens (tertiary/aromatic N) is 3. The van der Waals surface area contributed by atoms with Crippen LogP contribution >= 0.6 is 0 Å². The van der Waals surface area contributed by atoms with Gasteiger partial charge in [0.2, 0.25) is 0 Å². The zero-order valence-electron chi connectivity index (χ0n) is 16.3. The fourth-order valence-corrected chi connectivity index (χ4v) is 3.73. The van der Waals surface area contributed by atoms with Crippen LogP contribution in [0.3, 0.4) is 0 Å². The first-order valence-corrected chi connectivity index (χ1v) is 9.23. The molecule has 28 heavy (non-hydrogen) atoms. The van der Waals surface area contributed by atoms with Gasteiger partial charge in [-0.3, -0.25) is 0 Å². The smallest absolute Gasteiger partial charge is 0.162 e. The Hall–Kier alpha value is -3.06. The van der Waals surface area contributed by atoms with E-state index in [9.17, 15) is 0 Å². The van der Waals surface area contributed by atoms with Crippen molar-refractivity contribution in [1.29, 1.82) is 0 Å². The lowest BCUT2D eigenvalue weighted by molar-refractivity contribution is 0.355. The Morgan fingerprint density at radius 3 is 2.50 bits per heavy atom. The number of nitrogens with one attached hydrogen (secondary N) is 1. The second-order valence-electron chi connectivity index (χ2n) is 6.62. The van der Waals surface area contributed by atoms with E-state index in [0.29, 0.717) is 11.5 Å². The number of aromatic nitrogens is 2. The molecular weight excluding hydrogens is 356 g/mol. The van der Waals surface area contributed by atoms with E-state index in [1.807, 2.05) is 30.3 Å². The van der Waals surface area contributed by atoms with E-state index in [4.69, 9.17) is 14.2 Å². The summed E-state index contributed by atoms with van der Waals surface area (Å²) < 4.78 is 16.4. The molecule has 7 heteroatoms. The van der Waals surface area contributed by atoms with Crippen LogP contribution in [0.5, 0.6) is 17.2 Å². The van der Waals surface area contributed by atoms with Crippen LogP contribution in [0.4, 0.5) is 5.82 Å². The maximum atomic E-state index is 5.55. The third-order valence-corrected chi connectivity index (χ3v) is 5.11. The normalized spacial score (nSPS) is 16.8. The minimum absolute atomic E-state index is 0.148. The van der Waals surface area contributed by atoms with Gasteiger partial charge < -0.3 is 24.4 Å². The summed E-state index contributed by atoms with van der Waals surface area (Å²) in [5, 5.41) is 4.53. The van der Waals surface area contributed by atoms with Gasteiger partial charge in [0, 0.05) is 36.7 Å². The van der Waals surface area contributed by atoms with Crippen molar-refractivity contribution in [3.8, 4) is 17.2 Å².